The van der Waals surface area contributed by atoms with Gasteiger partial charge in [0.1, 0.15) is 0 Å². The quantitative estimate of drug-likeness (QED) is 0.908. The lowest BCUT2D eigenvalue weighted by atomic mass is 9.87. The highest BCUT2D eigenvalue weighted by Gasteiger charge is 2.22. The second-order valence-corrected chi connectivity index (χ2v) is 5.78. The fourth-order valence-corrected chi connectivity index (χ4v) is 3.82. The lowest BCUT2D eigenvalue weighted by Crippen LogP contribution is -2.12. The molecule has 1 saturated carbocycles. The van der Waals surface area contributed by atoms with Crippen molar-refractivity contribution in [1.82, 2.24) is 9.78 Å². The molecule has 2 heterocycles. The molecule has 0 amide bonds. The predicted octanol–water partition coefficient (Wildman–Crippen LogP) is 3.10. The Labute approximate surface area is 106 Å². The summed E-state index contributed by atoms with van der Waals surface area (Å²) in [6.45, 7) is 1.50. The SMILES string of the molecule is NCCn1nc(C2CCCCC2)c2sccc21. The second-order valence-electron chi connectivity index (χ2n) is 4.87. The minimum atomic E-state index is 0.663. The van der Waals surface area contributed by atoms with Crippen molar-refractivity contribution in [1.29, 1.82) is 0 Å². The summed E-state index contributed by atoms with van der Waals surface area (Å²) < 4.78 is 3.49. The van der Waals surface area contributed by atoms with Gasteiger partial charge in [-0.15, -0.1) is 11.3 Å². The Morgan fingerprint density at radius 2 is 2.18 bits per heavy atom. The van der Waals surface area contributed by atoms with E-state index in [-0.39, 0.29) is 0 Å². The molecule has 17 heavy (non-hydrogen) atoms. The largest absolute Gasteiger partial charge is 0.329 e. The van der Waals surface area contributed by atoms with Crippen LogP contribution in [0.4, 0.5) is 0 Å². The van der Waals surface area contributed by atoms with E-state index in [0.29, 0.717) is 12.5 Å². The first-order valence-electron chi connectivity index (χ1n) is 6.54. The van der Waals surface area contributed by atoms with Gasteiger partial charge < -0.3 is 5.73 Å². The van der Waals surface area contributed by atoms with Gasteiger partial charge in [0, 0.05) is 12.5 Å². The molecule has 4 heteroatoms. The van der Waals surface area contributed by atoms with Crippen LogP contribution in [0.3, 0.4) is 0 Å². The standard InChI is InChI=1S/C13H19N3S/c14-7-8-16-11-6-9-17-13(11)12(15-16)10-4-2-1-3-5-10/h6,9-10H,1-5,7-8,14H2. The van der Waals surface area contributed by atoms with Crippen LogP contribution in [0.15, 0.2) is 11.4 Å². The topological polar surface area (TPSA) is 43.8 Å². The zero-order valence-corrected chi connectivity index (χ0v) is 10.9. The number of rotatable bonds is 3. The van der Waals surface area contributed by atoms with Gasteiger partial charge in [0.25, 0.3) is 0 Å². The van der Waals surface area contributed by atoms with E-state index in [9.17, 15) is 0 Å². The van der Waals surface area contributed by atoms with E-state index >= 15 is 0 Å². The maximum Gasteiger partial charge on any atom is 0.0834 e. The Kier molecular flexibility index (Phi) is 3.16. The van der Waals surface area contributed by atoms with E-state index in [0.717, 1.165) is 6.54 Å². The minimum Gasteiger partial charge on any atom is -0.329 e. The first-order chi connectivity index (χ1) is 8.40. The summed E-state index contributed by atoms with van der Waals surface area (Å²) in [6.07, 6.45) is 6.75. The fraction of sp³-hybridized carbons (Fsp3) is 0.615. The number of aromatic nitrogens is 2. The van der Waals surface area contributed by atoms with Crippen LogP contribution in [0.5, 0.6) is 0 Å². The summed E-state index contributed by atoms with van der Waals surface area (Å²) >= 11 is 1.83. The molecule has 1 fully saturated rings. The summed E-state index contributed by atoms with van der Waals surface area (Å²) in [4.78, 5) is 0. The maximum atomic E-state index is 5.65. The van der Waals surface area contributed by atoms with Crippen LogP contribution in [-0.4, -0.2) is 16.3 Å². The molecule has 0 aromatic carbocycles. The number of nitrogens with zero attached hydrogens (tertiary/aromatic N) is 2. The first kappa shape index (κ1) is 11.2. The third-order valence-corrected chi connectivity index (χ3v) is 4.64. The van der Waals surface area contributed by atoms with Gasteiger partial charge in [-0.05, 0) is 24.3 Å². The second kappa shape index (κ2) is 4.78. The molecule has 2 aromatic heterocycles. The molecule has 0 radical (unpaired) electrons. The average molecular weight is 249 g/mol. The Hall–Kier alpha value is -0.870. The number of thiophene rings is 1. The van der Waals surface area contributed by atoms with Crippen molar-refractivity contribution in [2.45, 2.75) is 44.6 Å². The Morgan fingerprint density at radius 3 is 2.94 bits per heavy atom. The average Bonchev–Trinajstić information content (AvgIpc) is 2.94. The van der Waals surface area contributed by atoms with E-state index in [4.69, 9.17) is 10.8 Å². The van der Waals surface area contributed by atoms with Gasteiger partial charge in [0.15, 0.2) is 0 Å². The van der Waals surface area contributed by atoms with Crippen molar-refractivity contribution >= 4 is 21.6 Å². The van der Waals surface area contributed by atoms with Gasteiger partial charge in [0.05, 0.1) is 22.5 Å². The number of hydrogen-bond donors (Lipinski definition) is 1. The molecule has 0 spiro atoms. The molecule has 2 aromatic rings. The van der Waals surface area contributed by atoms with Crippen molar-refractivity contribution in [3.63, 3.8) is 0 Å². The lowest BCUT2D eigenvalue weighted by Gasteiger charge is -2.19. The van der Waals surface area contributed by atoms with Crippen LogP contribution in [0.25, 0.3) is 10.2 Å². The molecule has 0 unspecified atom stereocenters. The number of fused-ring (bicyclic) bond motifs is 1. The van der Waals surface area contributed by atoms with Gasteiger partial charge in [-0.1, -0.05) is 19.3 Å². The zero-order valence-electron chi connectivity index (χ0n) is 10.1. The highest BCUT2D eigenvalue weighted by Crippen LogP contribution is 2.37. The molecule has 0 atom stereocenters. The molecular formula is C13H19N3S. The summed E-state index contributed by atoms with van der Waals surface area (Å²) in [6, 6.07) is 2.18. The van der Waals surface area contributed by atoms with E-state index in [2.05, 4.69) is 16.1 Å². The Morgan fingerprint density at radius 1 is 1.35 bits per heavy atom. The molecule has 2 N–H and O–H groups in total. The van der Waals surface area contributed by atoms with E-state index in [1.807, 2.05) is 11.3 Å². The molecule has 0 bridgehead atoms. The Balaban J connectivity index is 1.99. The van der Waals surface area contributed by atoms with Crippen LogP contribution in [-0.2, 0) is 6.54 Å². The fourth-order valence-electron chi connectivity index (χ4n) is 2.86. The van der Waals surface area contributed by atoms with Crippen LogP contribution < -0.4 is 5.73 Å². The summed E-state index contributed by atoms with van der Waals surface area (Å²) in [5.74, 6) is 0.684. The van der Waals surface area contributed by atoms with Crippen molar-refractivity contribution in [3.8, 4) is 0 Å². The van der Waals surface area contributed by atoms with Crippen LogP contribution in [0.2, 0.25) is 0 Å². The van der Waals surface area contributed by atoms with Crippen LogP contribution in [0.1, 0.15) is 43.7 Å². The molecule has 1 aliphatic carbocycles. The molecule has 1 aliphatic rings. The van der Waals surface area contributed by atoms with Gasteiger partial charge in [0.2, 0.25) is 0 Å². The molecule has 92 valence electrons. The van der Waals surface area contributed by atoms with Gasteiger partial charge in [-0.2, -0.15) is 5.10 Å². The van der Waals surface area contributed by atoms with Crippen molar-refractivity contribution < 1.29 is 0 Å². The third kappa shape index (κ3) is 2.00. The van der Waals surface area contributed by atoms with Gasteiger partial charge in [-0.3, -0.25) is 4.68 Å². The highest BCUT2D eigenvalue weighted by molar-refractivity contribution is 7.17. The molecule has 3 rings (SSSR count). The van der Waals surface area contributed by atoms with Gasteiger partial charge >= 0.3 is 0 Å². The summed E-state index contributed by atoms with van der Waals surface area (Å²) in [7, 11) is 0. The predicted molar refractivity (Wildman–Crippen MR) is 72.5 cm³/mol. The van der Waals surface area contributed by atoms with Gasteiger partial charge in [-0.25, -0.2) is 0 Å². The molecular weight excluding hydrogens is 230 g/mol. The highest BCUT2D eigenvalue weighted by atomic mass is 32.1. The zero-order chi connectivity index (χ0) is 11.7. The molecule has 3 nitrogen and oxygen atoms in total. The van der Waals surface area contributed by atoms with Crippen LogP contribution in [0, 0.1) is 0 Å². The molecule has 0 aliphatic heterocycles. The Bertz CT molecular complexity index is 494. The third-order valence-electron chi connectivity index (χ3n) is 3.72. The number of nitrogens with two attached hydrogens (primary N) is 1. The van der Waals surface area contributed by atoms with Crippen molar-refractivity contribution in [3.05, 3.63) is 17.1 Å². The lowest BCUT2D eigenvalue weighted by molar-refractivity contribution is 0.433. The normalized spacial score (nSPS) is 17.9. The smallest absolute Gasteiger partial charge is 0.0834 e. The minimum absolute atomic E-state index is 0.663. The van der Waals surface area contributed by atoms with Crippen molar-refractivity contribution in [2.75, 3.05) is 6.54 Å². The maximum absolute atomic E-state index is 5.65. The van der Waals surface area contributed by atoms with E-state index in [1.165, 1.54) is 48.0 Å². The monoisotopic (exact) mass is 249 g/mol. The first-order valence-corrected chi connectivity index (χ1v) is 7.42. The molecule has 0 saturated heterocycles. The number of hydrogen-bond acceptors (Lipinski definition) is 3. The van der Waals surface area contributed by atoms with E-state index in [1.54, 1.807) is 0 Å². The van der Waals surface area contributed by atoms with E-state index < -0.39 is 0 Å². The van der Waals surface area contributed by atoms with Crippen molar-refractivity contribution in [2.24, 2.45) is 5.73 Å². The summed E-state index contributed by atoms with van der Waals surface area (Å²) in [5, 5.41) is 6.98. The summed E-state index contributed by atoms with van der Waals surface area (Å²) in [5.41, 5.74) is 8.27. The van der Waals surface area contributed by atoms with Crippen LogP contribution >= 0.6 is 11.3 Å².